The number of hydrogen-bond acceptors (Lipinski definition) is 4. The smallest absolute Gasteiger partial charge is 0.159 e. The number of allylic oxidation sites excluding steroid dienone is 2. The van der Waals surface area contributed by atoms with Gasteiger partial charge in [0.15, 0.2) is 5.78 Å². The minimum Gasteiger partial charge on any atom is -0.512 e. The molecule has 0 spiro atoms. The molecule has 0 saturated heterocycles. The molecule has 318 valence electrons. The molecule has 1 N–H and O–H groups in total. The van der Waals surface area contributed by atoms with Crippen LogP contribution >= 0.6 is 0 Å². The largest absolute Gasteiger partial charge is 0.512 e. The van der Waals surface area contributed by atoms with Crippen LogP contribution in [0.3, 0.4) is 0 Å². The number of aliphatic hydroxyl groups excluding tert-OH is 1. The zero-order valence-electron chi connectivity index (χ0n) is 37.3. The van der Waals surface area contributed by atoms with Gasteiger partial charge >= 0.3 is 0 Å². The first kappa shape index (κ1) is 41.8. The second-order valence-electron chi connectivity index (χ2n) is 17.1. The van der Waals surface area contributed by atoms with E-state index in [0.29, 0.717) is 12.8 Å². The Hall–Kier alpha value is -8.21. The summed E-state index contributed by atoms with van der Waals surface area (Å²) in [5.41, 5.74) is 18.2. The summed E-state index contributed by atoms with van der Waals surface area (Å²) in [5.74, 6) is -0.0784. The van der Waals surface area contributed by atoms with E-state index in [1.807, 2.05) is 6.07 Å². The lowest BCUT2D eigenvalue weighted by Gasteiger charge is -2.18. The molecular weight excluding hydrogens is 805 g/mol. The van der Waals surface area contributed by atoms with E-state index in [0.717, 1.165) is 95.1 Å². The highest BCUT2D eigenvalue weighted by atomic mass is 16.3. The summed E-state index contributed by atoms with van der Waals surface area (Å²) < 4.78 is 0. The average Bonchev–Trinajstić information content (AvgIpc) is 3.35. The number of aromatic nitrogens is 2. The molecular formula is C62H48N2O2. The van der Waals surface area contributed by atoms with Crippen LogP contribution in [-0.2, 0) is 11.2 Å². The molecule has 0 unspecified atom stereocenters. The van der Waals surface area contributed by atoms with Crippen molar-refractivity contribution < 1.29 is 9.90 Å². The fourth-order valence-corrected chi connectivity index (χ4v) is 9.33. The van der Waals surface area contributed by atoms with Gasteiger partial charge in [-0.25, -0.2) is 0 Å². The first-order valence-corrected chi connectivity index (χ1v) is 22.5. The number of aryl methyl sites for hydroxylation is 3. The topological polar surface area (TPSA) is 63.1 Å². The second kappa shape index (κ2) is 18.1. The predicted octanol–water partition coefficient (Wildman–Crippen LogP) is 16.0. The van der Waals surface area contributed by atoms with Crippen LogP contribution in [0.5, 0.6) is 0 Å². The Bertz CT molecular complexity index is 3280. The second-order valence-corrected chi connectivity index (χ2v) is 17.1. The van der Waals surface area contributed by atoms with Crippen LogP contribution in [0.25, 0.3) is 99.7 Å². The summed E-state index contributed by atoms with van der Waals surface area (Å²) in [6, 6.07) is 71.1. The SMILES string of the molecule is C/C(O)=C/C(=O)CCc1ccccc1-c1cc(-c2ccccc2-c2ccc(-c3cc4ccccc4c(C)n3)cc2)cc(-c2ccccc2-c2ccc(-c3cc4ccccc4c(C)n3)cc2)c1. The molecule has 10 aromatic rings. The highest BCUT2D eigenvalue weighted by Gasteiger charge is 2.17. The van der Waals surface area contributed by atoms with Gasteiger partial charge in [0.2, 0.25) is 0 Å². The maximum Gasteiger partial charge on any atom is 0.159 e. The number of carbonyl (C=O) groups excluding carboxylic acids is 1. The van der Waals surface area contributed by atoms with Gasteiger partial charge in [-0.05, 0) is 129 Å². The van der Waals surface area contributed by atoms with Crippen molar-refractivity contribution in [3.63, 3.8) is 0 Å². The summed E-state index contributed by atoms with van der Waals surface area (Å²) >= 11 is 0. The Morgan fingerprint density at radius 3 is 1.26 bits per heavy atom. The number of aliphatic hydroxyl groups is 1. The van der Waals surface area contributed by atoms with Gasteiger partial charge < -0.3 is 5.11 Å². The fourth-order valence-electron chi connectivity index (χ4n) is 9.33. The van der Waals surface area contributed by atoms with Crippen molar-refractivity contribution in [2.24, 2.45) is 0 Å². The molecule has 0 fully saturated rings. The van der Waals surface area contributed by atoms with Crippen molar-refractivity contribution in [2.75, 3.05) is 0 Å². The molecule has 0 aliphatic heterocycles. The summed E-state index contributed by atoms with van der Waals surface area (Å²) in [7, 11) is 0. The van der Waals surface area contributed by atoms with E-state index in [1.165, 1.54) is 34.5 Å². The zero-order valence-corrected chi connectivity index (χ0v) is 37.3. The molecule has 4 heteroatoms. The van der Waals surface area contributed by atoms with Gasteiger partial charge in [-0.2, -0.15) is 0 Å². The number of nitrogens with zero attached hydrogens (tertiary/aromatic N) is 2. The molecule has 10 rings (SSSR count). The van der Waals surface area contributed by atoms with E-state index < -0.39 is 0 Å². The quantitative estimate of drug-likeness (QED) is 0.104. The number of hydrogen-bond donors (Lipinski definition) is 1. The molecule has 8 aromatic carbocycles. The Kier molecular flexibility index (Phi) is 11.5. The fraction of sp³-hybridized carbons (Fsp3) is 0.0806. The normalized spacial score (nSPS) is 11.6. The third-order valence-electron chi connectivity index (χ3n) is 12.6. The van der Waals surface area contributed by atoms with E-state index in [1.54, 1.807) is 0 Å². The van der Waals surface area contributed by atoms with Crippen molar-refractivity contribution in [1.29, 1.82) is 0 Å². The van der Waals surface area contributed by atoms with Gasteiger partial charge in [0.05, 0.1) is 17.1 Å². The van der Waals surface area contributed by atoms with Crippen molar-refractivity contribution in [3.8, 4) is 78.1 Å². The maximum absolute atomic E-state index is 12.8. The van der Waals surface area contributed by atoms with Gasteiger partial charge in [-0.15, -0.1) is 0 Å². The molecule has 66 heavy (non-hydrogen) atoms. The first-order valence-electron chi connectivity index (χ1n) is 22.5. The molecule has 0 amide bonds. The van der Waals surface area contributed by atoms with Crippen LogP contribution in [0.4, 0.5) is 0 Å². The number of fused-ring (bicyclic) bond motifs is 2. The number of pyridine rings is 2. The van der Waals surface area contributed by atoms with Crippen molar-refractivity contribution in [2.45, 2.75) is 33.6 Å². The molecule has 0 radical (unpaired) electrons. The van der Waals surface area contributed by atoms with Crippen LogP contribution in [0, 0.1) is 13.8 Å². The number of benzene rings is 8. The maximum atomic E-state index is 12.8. The summed E-state index contributed by atoms with van der Waals surface area (Å²) in [6.45, 7) is 5.68. The minimum absolute atomic E-state index is 0.0214. The van der Waals surface area contributed by atoms with Crippen LogP contribution < -0.4 is 0 Å². The van der Waals surface area contributed by atoms with E-state index in [4.69, 9.17) is 9.97 Å². The number of ketones is 1. The first-order chi connectivity index (χ1) is 32.3. The minimum atomic E-state index is -0.0998. The van der Waals surface area contributed by atoms with E-state index in [-0.39, 0.29) is 11.5 Å². The van der Waals surface area contributed by atoms with Crippen LogP contribution in [0.1, 0.15) is 30.3 Å². The lowest BCUT2D eigenvalue weighted by atomic mass is 9.86. The molecule has 2 aromatic heterocycles. The summed E-state index contributed by atoms with van der Waals surface area (Å²) in [6.07, 6.45) is 2.15. The average molecular weight is 853 g/mol. The van der Waals surface area contributed by atoms with Gasteiger partial charge in [-0.1, -0.05) is 170 Å². The van der Waals surface area contributed by atoms with Crippen LogP contribution in [-0.4, -0.2) is 20.9 Å². The van der Waals surface area contributed by atoms with Crippen molar-refractivity contribution in [1.82, 2.24) is 9.97 Å². The van der Waals surface area contributed by atoms with Crippen molar-refractivity contribution >= 4 is 27.3 Å². The van der Waals surface area contributed by atoms with E-state index >= 15 is 0 Å². The molecule has 0 saturated carbocycles. The Balaban J connectivity index is 1.07. The van der Waals surface area contributed by atoms with Crippen LogP contribution in [0.15, 0.2) is 212 Å². The Morgan fingerprint density at radius 2 is 0.803 bits per heavy atom. The van der Waals surface area contributed by atoms with E-state index in [9.17, 15) is 9.90 Å². The Labute approximate surface area is 386 Å². The van der Waals surface area contributed by atoms with Gasteiger partial charge in [0, 0.05) is 45.8 Å². The third-order valence-corrected chi connectivity index (χ3v) is 12.6. The predicted molar refractivity (Wildman–Crippen MR) is 274 cm³/mol. The molecule has 0 aliphatic rings. The molecule has 0 atom stereocenters. The molecule has 4 nitrogen and oxygen atoms in total. The third kappa shape index (κ3) is 8.57. The highest BCUT2D eigenvalue weighted by molar-refractivity contribution is 5.94. The van der Waals surface area contributed by atoms with Crippen LogP contribution in [0.2, 0.25) is 0 Å². The summed E-state index contributed by atoms with van der Waals surface area (Å²) in [5, 5.41) is 14.5. The number of rotatable bonds is 11. The van der Waals surface area contributed by atoms with Gasteiger partial charge in [0.25, 0.3) is 0 Å². The van der Waals surface area contributed by atoms with Gasteiger partial charge in [-0.3, -0.25) is 14.8 Å². The number of carbonyl (C=O) groups is 1. The standard InChI is InChI=1S/C62H48N2O2/c1-40(65)34-53(66)33-32-43-14-4-9-19-56(43)50-35-51(59-22-12-10-20-57(59)44-24-28-46(29-25-44)61-38-48-15-5-7-17-54(48)41(2)63-61)37-52(36-50)60-23-13-11-21-58(60)45-26-30-47(31-27-45)62-39-49-16-6-8-18-55(49)42(3)64-62/h4-31,34-39,65H,32-33H2,1-3H3/b40-34-. The zero-order chi connectivity index (χ0) is 45.1. The van der Waals surface area contributed by atoms with E-state index in [2.05, 4.69) is 208 Å². The lowest BCUT2D eigenvalue weighted by molar-refractivity contribution is -0.114. The monoisotopic (exact) mass is 852 g/mol. The molecule has 0 bridgehead atoms. The van der Waals surface area contributed by atoms with Crippen molar-refractivity contribution in [3.05, 3.63) is 229 Å². The highest BCUT2D eigenvalue weighted by Crippen LogP contribution is 2.42. The molecule has 2 heterocycles. The molecule has 0 aliphatic carbocycles. The van der Waals surface area contributed by atoms with Gasteiger partial charge in [0.1, 0.15) is 0 Å². The lowest BCUT2D eigenvalue weighted by Crippen LogP contribution is -1.99. The summed E-state index contributed by atoms with van der Waals surface area (Å²) in [4.78, 5) is 22.8. The Morgan fingerprint density at radius 1 is 0.439 bits per heavy atom.